The maximum Gasteiger partial charge on any atom is 0.131 e. The number of halogens is 1. The van der Waals surface area contributed by atoms with Crippen molar-refractivity contribution in [3.63, 3.8) is 0 Å². The molecule has 0 N–H and O–H groups in total. The molecule has 0 unspecified atom stereocenters. The van der Waals surface area contributed by atoms with Crippen molar-refractivity contribution in [3.8, 4) is 6.07 Å². The zero-order valence-corrected chi connectivity index (χ0v) is 15.0. The van der Waals surface area contributed by atoms with Gasteiger partial charge in [-0.15, -0.1) is 0 Å². The molecule has 0 amide bonds. The van der Waals surface area contributed by atoms with Crippen molar-refractivity contribution in [1.82, 2.24) is 9.88 Å². The fourth-order valence-electron chi connectivity index (χ4n) is 2.62. The van der Waals surface area contributed by atoms with Crippen LogP contribution in [0.5, 0.6) is 0 Å². The zero-order chi connectivity index (χ0) is 17.8. The number of aromatic nitrogens is 1. The van der Waals surface area contributed by atoms with Crippen LogP contribution in [-0.4, -0.2) is 37.1 Å². The van der Waals surface area contributed by atoms with Gasteiger partial charge in [0.25, 0.3) is 0 Å². The first-order valence-electron chi connectivity index (χ1n) is 7.99. The summed E-state index contributed by atoms with van der Waals surface area (Å²) in [6.07, 6.45) is 1.66. The highest BCUT2D eigenvalue weighted by molar-refractivity contribution is 6.31. The zero-order valence-electron chi connectivity index (χ0n) is 14.2. The summed E-state index contributed by atoms with van der Waals surface area (Å²) in [5, 5.41) is 10.9. The molecule has 128 valence electrons. The van der Waals surface area contributed by atoms with Crippen LogP contribution >= 0.6 is 11.6 Å². The maximum absolute atomic E-state index is 9.54. The monoisotopic (exact) mass is 354 g/mol. The third-order valence-corrected chi connectivity index (χ3v) is 4.18. The average Bonchev–Trinajstić information content (AvgIpc) is 3.10. The molecular weight excluding hydrogens is 336 g/mol. The first kappa shape index (κ1) is 17.3. The van der Waals surface area contributed by atoms with Crippen LogP contribution in [0.3, 0.4) is 0 Å². The molecule has 3 rings (SSSR count). The van der Waals surface area contributed by atoms with Gasteiger partial charge in [0.05, 0.1) is 30.0 Å². The normalized spacial score (nSPS) is 11.0. The van der Waals surface area contributed by atoms with Gasteiger partial charge in [0.2, 0.25) is 0 Å². The second-order valence-electron chi connectivity index (χ2n) is 6.11. The van der Waals surface area contributed by atoms with Crippen LogP contribution in [0.2, 0.25) is 5.02 Å². The van der Waals surface area contributed by atoms with E-state index >= 15 is 0 Å². The van der Waals surface area contributed by atoms with Crippen molar-refractivity contribution in [2.45, 2.75) is 6.54 Å². The Bertz CT molecular complexity index is 900. The second kappa shape index (κ2) is 7.56. The number of hydrogen-bond acceptors (Lipinski definition) is 5. The minimum Gasteiger partial charge on any atom is -0.467 e. The third-order valence-electron chi connectivity index (χ3n) is 3.95. The number of nitriles is 1. The van der Waals surface area contributed by atoms with E-state index in [1.54, 1.807) is 18.4 Å². The lowest BCUT2D eigenvalue weighted by molar-refractivity contribution is 0.407. The number of rotatable bonds is 6. The predicted molar refractivity (Wildman–Crippen MR) is 99.8 cm³/mol. The molecule has 0 atom stereocenters. The molecule has 25 heavy (non-hydrogen) atoms. The van der Waals surface area contributed by atoms with E-state index in [0.29, 0.717) is 17.1 Å². The van der Waals surface area contributed by atoms with E-state index in [2.05, 4.69) is 15.9 Å². The van der Waals surface area contributed by atoms with Gasteiger partial charge in [0.1, 0.15) is 11.6 Å². The molecule has 0 aliphatic carbocycles. The lowest BCUT2D eigenvalue weighted by Crippen LogP contribution is -2.32. The smallest absolute Gasteiger partial charge is 0.131 e. The summed E-state index contributed by atoms with van der Waals surface area (Å²) in [4.78, 5) is 8.97. The number of nitrogens with zero attached hydrogens (tertiary/aromatic N) is 4. The fourth-order valence-corrected chi connectivity index (χ4v) is 2.80. The quantitative estimate of drug-likeness (QED) is 0.671. The van der Waals surface area contributed by atoms with E-state index in [1.165, 1.54) is 0 Å². The molecule has 1 aromatic carbocycles. The molecule has 0 saturated carbocycles. The number of anilines is 1. The number of pyridine rings is 1. The average molecular weight is 355 g/mol. The van der Waals surface area contributed by atoms with Gasteiger partial charge in [0, 0.05) is 23.5 Å². The van der Waals surface area contributed by atoms with Crippen LogP contribution in [0.1, 0.15) is 11.3 Å². The largest absolute Gasteiger partial charge is 0.467 e. The van der Waals surface area contributed by atoms with Gasteiger partial charge in [-0.2, -0.15) is 5.26 Å². The van der Waals surface area contributed by atoms with Gasteiger partial charge < -0.3 is 14.2 Å². The molecule has 0 aliphatic rings. The van der Waals surface area contributed by atoms with Crippen LogP contribution < -0.4 is 4.90 Å². The summed E-state index contributed by atoms with van der Waals surface area (Å²) in [6, 6.07) is 13.3. The highest BCUT2D eigenvalue weighted by Crippen LogP contribution is 2.26. The molecule has 0 spiro atoms. The topological polar surface area (TPSA) is 56.3 Å². The van der Waals surface area contributed by atoms with Gasteiger partial charge in [-0.25, -0.2) is 4.98 Å². The van der Waals surface area contributed by atoms with Gasteiger partial charge in [-0.3, -0.25) is 0 Å². The SMILES string of the molecule is CN(C)CCN(Cc1ccco1)c1cc(C#N)c2cc(Cl)ccc2n1. The lowest BCUT2D eigenvalue weighted by atomic mass is 10.1. The van der Waals surface area contributed by atoms with Gasteiger partial charge in [-0.05, 0) is 50.5 Å². The van der Waals surface area contributed by atoms with Crippen molar-refractivity contribution in [1.29, 1.82) is 5.26 Å². The van der Waals surface area contributed by atoms with E-state index < -0.39 is 0 Å². The standard InChI is InChI=1S/C19H19ClN4O/c1-23(2)7-8-24(13-16-4-3-9-25-16)19-10-14(12-21)17-11-15(20)5-6-18(17)22-19/h3-6,9-11H,7-8,13H2,1-2H3. The minimum absolute atomic E-state index is 0.566. The second-order valence-corrected chi connectivity index (χ2v) is 6.54. The Hall–Kier alpha value is -2.55. The highest BCUT2D eigenvalue weighted by atomic mass is 35.5. The first-order valence-corrected chi connectivity index (χ1v) is 8.37. The summed E-state index contributed by atoms with van der Waals surface area (Å²) < 4.78 is 5.49. The van der Waals surface area contributed by atoms with Crippen molar-refractivity contribution < 1.29 is 4.42 Å². The summed E-state index contributed by atoms with van der Waals surface area (Å²) >= 11 is 6.06. The van der Waals surface area contributed by atoms with Crippen LogP contribution in [-0.2, 0) is 6.54 Å². The van der Waals surface area contributed by atoms with Crippen LogP contribution in [0.25, 0.3) is 10.9 Å². The van der Waals surface area contributed by atoms with E-state index in [4.69, 9.17) is 21.0 Å². The van der Waals surface area contributed by atoms with Crippen molar-refractivity contribution in [3.05, 3.63) is 59.0 Å². The number of hydrogen-bond donors (Lipinski definition) is 0. The van der Waals surface area contributed by atoms with Gasteiger partial charge in [0.15, 0.2) is 0 Å². The molecule has 2 heterocycles. The summed E-state index contributed by atoms with van der Waals surface area (Å²) in [5.41, 5.74) is 1.32. The molecule has 0 radical (unpaired) electrons. The molecule has 5 nitrogen and oxygen atoms in total. The lowest BCUT2D eigenvalue weighted by Gasteiger charge is -2.25. The van der Waals surface area contributed by atoms with Crippen molar-refractivity contribution in [2.24, 2.45) is 0 Å². The number of furan rings is 1. The summed E-state index contributed by atoms with van der Waals surface area (Å²) in [6.45, 7) is 2.23. The number of likely N-dealkylation sites (N-methyl/N-ethyl adjacent to an activating group) is 1. The van der Waals surface area contributed by atoms with Crippen molar-refractivity contribution in [2.75, 3.05) is 32.1 Å². The van der Waals surface area contributed by atoms with Crippen LogP contribution in [0.15, 0.2) is 47.1 Å². The number of benzene rings is 1. The summed E-state index contributed by atoms with van der Waals surface area (Å²) in [5.74, 6) is 1.61. The van der Waals surface area contributed by atoms with E-state index in [-0.39, 0.29) is 0 Å². The molecule has 0 saturated heterocycles. The van der Waals surface area contributed by atoms with Gasteiger partial charge >= 0.3 is 0 Å². The Morgan fingerprint density at radius 1 is 1.20 bits per heavy atom. The molecule has 2 aromatic heterocycles. The molecular formula is C19H19ClN4O. The highest BCUT2D eigenvalue weighted by Gasteiger charge is 2.14. The maximum atomic E-state index is 9.54. The minimum atomic E-state index is 0.566. The van der Waals surface area contributed by atoms with Gasteiger partial charge in [-0.1, -0.05) is 11.6 Å². The summed E-state index contributed by atoms with van der Waals surface area (Å²) in [7, 11) is 4.06. The molecule has 0 bridgehead atoms. The Morgan fingerprint density at radius 2 is 2.04 bits per heavy atom. The fraction of sp³-hybridized carbons (Fsp3) is 0.263. The van der Waals surface area contributed by atoms with Crippen molar-refractivity contribution >= 4 is 28.3 Å². The van der Waals surface area contributed by atoms with E-state index in [1.807, 2.05) is 38.4 Å². The molecule has 0 fully saturated rings. The van der Waals surface area contributed by atoms with E-state index in [0.717, 1.165) is 35.6 Å². The first-order chi connectivity index (χ1) is 12.1. The Morgan fingerprint density at radius 3 is 2.72 bits per heavy atom. The third kappa shape index (κ3) is 4.11. The van der Waals surface area contributed by atoms with Crippen LogP contribution in [0.4, 0.5) is 5.82 Å². The Kier molecular flexibility index (Phi) is 5.22. The molecule has 3 aromatic rings. The van der Waals surface area contributed by atoms with Crippen LogP contribution in [0, 0.1) is 11.3 Å². The number of fused-ring (bicyclic) bond motifs is 1. The molecule has 0 aliphatic heterocycles. The Labute approximate surface area is 152 Å². The predicted octanol–water partition coefficient (Wildman–Crippen LogP) is 3.92. The van der Waals surface area contributed by atoms with E-state index in [9.17, 15) is 5.26 Å². The molecule has 6 heteroatoms. The Balaban J connectivity index is 2.01.